The highest BCUT2D eigenvalue weighted by Crippen LogP contribution is 2.27. The van der Waals surface area contributed by atoms with Crippen LogP contribution in [0.15, 0.2) is 23.2 Å². The third-order valence-corrected chi connectivity index (χ3v) is 3.46. The summed E-state index contributed by atoms with van der Waals surface area (Å²) in [6, 6.07) is 6.40. The number of methoxy groups -OCH3 is 2. The Hall–Kier alpha value is -1.91. The van der Waals surface area contributed by atoms with E-state index in [1.807, 2.05) is 18.2 Å². The lowest BCUT2D eigenvalue weighted by Crippen LogP contribution is -2.42. The van der Waals surface area contributed by atoms with Crippen LogP contribution in [-0.2, 0) is 6.42 Å². The maximum Gasteiger partial charge on any atom is 0.191 e. The van der Waals surface area contributed by atoms with Crippen molar-refractivity contribution in [1.82, 2.24) is 10.6 Å². The summed E-state index contributed by atoms with van der Waals surface area (Å²) < 4.78 is 10.6. The van der Waals surface area contributed by atoms with E-state index in [1.54, 1.807) is 14.2 Å². The van der Waals surface area contributed by atoms with Crippen molar-refractivity contribution in [3.63, 3.8) is 0 Å². The molecule has 5 nitrogen and oxygen atoms in total. The molecule has 0 saturated carbocycles. The number of guanidine groups is 1. The molecule has 1 rings (SSSR count). The van der Waals surface area contributed by atoms with Gasteiger partial charge in [-0.2, -0.15) is 0 Å². The second-order valence-corrected chi connectivity index (χ2v) is 5.15. The van der Waals surface area contributed by atoms with Crippen molar-refractivity contribution in [3.05, 3.63) is 23.8 Å². The van der Waals surface area contributed by atoms with Gasteiger partial charge in [0.2, 0.25) is 0 Å². The van der Waals surface area contributed by atoms with Crippen LogP contribution in [0.2, 0.25) is 0 Å². The first-order valence-corrected chi connectivity index (χ1v) is 7.90. The van der Waals surface area contributed by atoms with Gasteiger partial charge in [-0.25, -0.2) is 0 Å². The SMILES string of the molecule is CCNC(=NCCc1ccc(OC)c(OC)c1)NC(C)CC. The molecular formula is C17H29N3O2. The highest BCUT2D eigenvalue weighted by Gasteiger charge is 2.05. The number of nitrogens with zero attached hydrogens (tertiary/aromatic N) is 1. The second-order valence-electron chi connectivity index (χ2n) is 5.15. The van der Waals surface area contributed by atoms with Crippen molar-refractivity contribution in [2.24, 2.45) is 4.99 Å². The van der Waals surface area contributed by atoms with Crippen molar-refractivity contribution in [3.8, 4) is 11.5 Å². The van der Waals surface area contributed by atoms with Gasteiger partial charge < -0.3 is 20.1 Å². The highest BCUT2D eigenvalue weighted by atomic mass is 16.5. The van der Waals surface area contributed by atoms with Gasteiger partial charge in [0.1, 0.15) is 0 Å². The zero-order chi connectivity index (χ0) is 16.4. The molecule has 0 radical (unpaired) electrons. The van der Waals surface area contributed by atoms with Crippen molar-refractivity contribution in [2.45, 2.75) is 39.7 Å². The molecule has 1 aromatic carbocycles. The lowest BCUT2D eigenvalue weighted by molar-refractivity contribution is 0.354. The Kier molecular flexibility index (Phi) is 8.18. The minimum absolute atomic E-state index is 0.416. The topological polar surface area (TPSA) is 54.9 Å². The summed E-state index contributed by atoms with van der Waals surface area (Å²) in [5, 5.41) is 6.66. The number of hydrogen-bond acceptors (Lipinski definition) is 3. The molecule has 0 fully saturated rings. The maximum absolute atomic E-state index is 5.32. The van der Waals surface area contributed by atoms with Crippen LogP contribution in [0.3, 0.4) is 0 Å². The molecule has 22 heavy (non-hydrogen) atoms. The Morgan fingerprint density at radius 1 is 1.18 bits per heavy atom. The van der Waals surface area contributed by atoms with E-state index in [0.29, 0.717) is 6.04 Å². The van der Waals surface area contributed by atoms with Gasteiger partial charge in [0, 0.05) is 19.1 Å². The molecule has 0 spiro atoms. The average Bonchev–Trinajstić information content (AvgIpc) is 2.54. The van der Waals surface area contributed by atoms with Crippen molar-refractivity contribution in [2.75, 3.05) is 27.3 Å². The lowest BCUT2D eigenvalue weighted by Gasteiger charge is -2.16. The zero-order valence-corrected chi connectivity index (χ0v) is 14.4. The molecule has 0 heterocycles. The quantitative estimate of drug-likeness (QED) is 0.572. The highest BCUT2D eigenvalue weighted by molar-refractivity contribution is 5.80. The molecule has 0 saturated heterocycles. The Balaban J connectivity index is 2.64. The van der Waals surface area contributed by atoms with Crippen molar-refractivity contribution in [1.29, 1.82) is 0 Å². The van der Waals surface area contributed by atoms with Crippen LogP contribution in [0.25, 0.3) is 0 Å². The second kappa shape index (κ2) is 9.92. The molecule has 124 valence electrons. The number of aliphatic imine (C=N–C) groups is 1. The van der Waals surface area contributed by atoms with Gasteiger partial charge in [0.15, 0.2) is 17.5 Å². The zero-order valence-electron chi connectivity index (χ0n) is 14.4. The van der Waals surface area contributed by atoms with Crippen LogP contribution >= 0.6 is 0 Å². The standard InChI is InChI=1S/C17H29N3O2/c1-6-13(3)20-17(18-7-2)19-11-10-14-8-9-15(21-4)16(12-14)22-5/h8-9,12-13H,6-7,10-11H2,1-5H3,(H2,18,19,20). The molecule has 1 atom stereocenters. The largest absolute Gasteiger partial charge is 0.493 e. The smallest absolute Gasteiger partial charge is 0.191 e. The van der Waals surface area contributed by atoms with Crippen LogP contribution < -0.4 is 20.1 Å². The predicted octanol–water partition coefficient (Wildman–Crippen LogP) is 2.60. The van der Waals surface area contributed by atoms with Crippen molar-refractivity contribution < 1.29 is 9.47 Å². The van der Waals surface area contributed by atoms with Crippen molar-refractivity contribution >= 4 is 5.96 Å². The van der Waals surface area contributed by atoms with E-state index in [0.717, 1.165) is 43.4 Å². The first kappa shape index (κ1) is 18.1. The fourth-order valence-corrected chi connectivity index (χ4v) is 1.99. The minimum atomic E-state index is 0.416. The molecule has 0 aromatic heterocycles. The van der Waals surface area contributed by atoms with Gasteiger partial charge in [-0.15, -0.1) is 0 Å². The summed E-state index contributed by atoms with van der Waals surface area (Å²) in [6.45, 7) is 7.97. The summed E-state index contributed by atoms with van der Waals surface area (Å²) in [5.41, 5.74) is 1.18. The first-order chi connectivity index (χ1) is 10.6. The Bertz CT molecular complexity index is 475. The Morgan fingerprint density at radius 2 is 1.91 bits per heavy atom. The van der Waals surface area contributed by atoms with Gasteiger partial charge in [-0.05, 0) is 44.4 Å². The molecule has 1 aromatic rings. The summed E-state index contributed by atoms with van der Waals surface area (Å²) in [6.07, 6.45) is 1.93. The number of ether oxygens (including phenoxy) is 2. The van der Waals surface area contributed by atoms with E-state index < -0.39 is 0 Å². The monoisotopic (exact) mass is 307 g/mol. The van der Waals surface area contributed by atoms with Gasteiger partial charge >= 0.3 is 0 Å². The number of hydrogen-bond donors (Lipinski definition) is 2. The first-order valence-electron chi connectivity index (χ1n) is 7.90. The van der Waals surface area contributed by atoms with E-state index in [9.17, 15) is 0 Å². The van der Waals surface area contributed by atoms with Crippen LogP contribution in [0.1, 0.15) is 32.8 Å². The molecular weight excluding hydrogens is 278 g/mol. The Labute approximate surface area is 134 Å². The minimum Gasteiger partial charge on any atom is -0.493 e. The lowest BCUT2D eigenvalue weighted by atomic mass is 10.1. The fourth-order valence-electron chi connectivity index (χ4n) is 1.99. The normalized spacial score (nSPS) is 12.7. The number of rotatable bonds is 8. The fraction of sp³-hybridized carbons (Fsp3) is 0.588. The van der Waals surface area contributed by atoms with Gasteiger partial charge in [0.05, 0.1) is 14.2 Å². The summed E-state index contributed by atoms with van der Waals surface area (Å²) in [7, 11) is 3.30. The van der Waals surface area contributed by atoms with Crippen LogP contribution in [0.4, 0.5) is 0 Å². The van der Waals surface area contributed by atoms with Crippen LogP contribution in [0.5, 0.6) is 11.5 Å². The van der Waals surface area contributed by atoms with E-state index >= 15 is 0 Å². The maximum atomic E-state index is 5.32. The molecule has 0 bridgehead atoms. The summed E-state index contributed by atoms with van der Waals surface area (Å²) in [5.74, 6) is 2.38. The summed E-state index contributed by atoms with van der Waals surface area (Å²) >= 11 is 0. The third kappa shape index (κ3) is 5.84. The molecule has 0 aliphatic carbocycles. The molecule has 2 N–H and O–H groups in total. The van der Waals surface area contributed by atoms with Gasteiger partial charge in [0.25, 0.3) is 0 Å². The van der Waals surface area contributed by atoms with E-state index in [2.05, 4.69) is 36.4 Å². The number of benzene rings is 1. The molecule has 0 aliphatic rings. The van der Waals surface area contributed by atoms with Gasteiger partial charge in [-0.3, -0.25) is 4.99 Å². The average molecular weight is 307 g/mol. The molecule has 0 amide bonds. The van der Waals surface area contributed by atoms with Gasteiger partial charge in [-0.1, -0.05) is 13.0 Å². The third-order valence-electron chi connectivity index (χ3n) is 3.46. The summed E-state index contributed by atoms with van der Waals surface area (Å²) in [4.78, 5) is 4.62. The van der Waals surface area contributed by atoms with Crippen LogP contribution in [-0.4, -0.2) is 39.3 Å². The Morgan fingerprint density at radius 3 is 2.50 bits per heavy atom. The van der Waals surface area contributed by atoms with E-state index in [-0.39, 0.29) is 0 Å². The number of nitrogens with one attached hydrogen (secondary N) is 2. The van der Waals surface area contributed by atoms with E-state index in [4.69, 9.17) is 9.47 Å². The molecule has 5 heteroatoms. The molecule has 1 unspecified atom stereocenters. The van der Waals surface area contributed by atoms with E-state index in [1.165, 1.54) is 5.56 Å². The predicted molar refractivity (Wildman–Crippen MR) is 92.1 cm³/mol. The molecule has 0 aliphatic heterocycles. The van der Waals surface area contributed by atoms with Crippen LogP contribution in [0, 0.1) is 0 Å².